The molecule has 8 nitrogen and oxygen atoms in total. The molecule has 5 rings (SSSR count). The lowest BCUT2D eigenvalue weighted by Crippen LogP contribution is -2.59. The second-order valence-corrected chi connectivity index (χ2v) is 9.93. The van der Waals surface area contributed by atoms with Crippen LogP contribution in [-0.2, 0) is 23.7 Å². The number of aryl methyl sites for hydroxylation is 1. The maximum Gasteiger partial charge on any atom is 0.303 e. The van der Waals surface area contributed by atoms with E-state index in [4.69, 9.17) is 0 Å². The molecule has 0 aromatic carbocycles. The van der Waals surface area contributed by atoms with E-state index >= 15 is 0 Å². The number of likely N-dealkylation sites (N-methyl/N-ethyl adjacent to an activating group) is 1. The van der Waals surface area contributed by atoms with Gasteiger partial charge in [0.1, 0.15) is 11.6 Å². The molecule has 3 aromatic rings. The number of likely N-dealkylation sites (tertiary alicyclic amines) is 2. The van der Waals surface area contributed by atoms with Crippen LogP contribution < -0.4 is 5.32 Å². The van der Waals surface area contributed by atoms with Gasteiger partial charge >= 0.3 is 5.92 Å². The number of carbonyl (C=O) groups is 1. The van der Waals surface area contributed by atoms with Gasteiger partial charge in [-0.2, -0.15) is 8.78 Å². The van der Waals surface area contributed by atoms with Crippen LogP contribution in [0.5, 0.6) is 0 Å². The Balaban J connectivity index is 1.58. The molecule has 2 saturated heterocycles. The van der Waals surface area contributed by atoms with Crippen LogP contribution in [0.25, 0.3) is 16.7 Å². The van der Waals surface area contributed by atoms with Gasteiger partial charge in [-0.15, -0.1) is 0 Å². The van der Waals surface area contributed by atoms with Crippen LogP contribution in [0.15, 0.2) is 24.5 Å². The van der Waals surface area contributed by atoms with Gasteiger partial charge in [0.15, 0.2) is 0 Å². The van der Waals surface area contributed by atoms with Crippen molar-refractivity contribution in [3.8, 4) is 5.82 Å². The largest absolute Gasteiger partial charge is 0.311 e. The van der Waals surface area contributed by atoms with E-state index in [9.17, 15) is 13.6 Å². The summed E-state index contributed by atoms with van der Waals surface area (Å²) in [6, 6.07) is 3.51. The number of pyridine rings is 1. The Morgan fingerprint density at radius 3 is 2.60 bits per heavy atom. The van der Waals surface area contributed by atoms with E-state index in [-0.39, 0.29) is 11.4 Å². The highest BCUT2D eigenvalue weighted by Crippen LogP contribution is 2.39. The quantitative estimate of drug-likeness (QED) is 0.576. The molecule has 0 radical (unpaired) electrons. The summed E-state index contributed by atoms with van der Waals surface area (Å²) < 4.78 is 30.2. The second kappa shape index (κ2) is 8.60. The zero-order valence-electron chi connectivity index (χ0n) is 20.6. The first-order valence-electron chi connectivity index (χ1n) is 12.1. The minimum Gasteiger partial charge on any atom is -0.311 e. The molecule has 1 amide bonds. The molecule has 10 heteroatoms. The monoisotopic (exact) mass is 483 g/mol. The van der Waals surface area contributed by atoms with Crippen LogP contribution in [0.4, 0.5) is 14.6 Å². The number of anilines is 1. The van der Waals surface area contributed by atoms with E-state index in [2.05, 4.69) is 37.1 Å². The first-order valence-corrected chi connectivity index (χ1v) is 12.1. The molecule has 1 N–H and O–H groups in total. The average molecular weight is 484 g/mol. The summed E-state index contributed by atoms with van der Waals surface area (Å²) in [4.78, 5) is 29.2. The van der Waals surface area contributed by atoms with Crippen LogP contribution in [0.2, 0.25) is 0 Å². The fourth-order valence-electron chi connectivity index (χ4n) is 5.22. The molecule has 2 aliphatic heterocycles. The third kappa shape index (κ3) is 4.40. The van der Waals surface area contributed by atoms with E-state index in [0.717, 1.165) is 56.0 Å². The zero-order chi connectivity index (χ0) is 25.0. The Hall–Kier alpha value is -2.98. The van der Waals surface area contributed by atoms with Crippen LogP contribution >= 0.6 is 0 Å². The van der Waals surface area contributed by atoms with E-state index in [1.54, 1.807) is 18.3 Å². The third-order valence-corrected chi connectivity index (χ3v) is 7.37. The first-order chi connectivity index (χ1) is 16.6. The van der Waals surface area contributed by atoms with Crippen LogP contribution in [0, 0.1) is 0 Å². The van der Waals surface area contributed by atoms with Gasteiger partial charge in [0, 0.05) is 81.2 Å². The van der Waals surface area contributed by atoms with Gasteiger partial charge in [-0.05, 0) is 31.9 Å². The van der Waals surface area contributed by atoms with Gasteiger partial charge in [0.05, 0.1) is 5.52 Å². The fourth-order valence-corrected chi connectivity index (χ4v) is 5.22. The lowest BCUT2D eigenvalue weighted by Gasteiger charge is -2.48. The highest BCUT2D eigenvalue weighted by molar-refractivity contribution is 5.92. The Bertz CT molecular complexity index is 1280. The molecular weight excluding hydrogens is 452 g/mol. The Morgan fingerprint density at radius 1 is 1.23 bits per heavy atom. The average Bonchev–Trinajstić information content (AvgIpc) is 3.40. The Kier molecular flexibility index (Phi) is 5.83. The predicted octanol–water partition coefficient (Wildman–Crippen LogP) is 3.73. The Labute approximate surface area is 203 Å². The van der Waals surface area contributed by atoms with Crippen molar-refractivity contribution in [1.82, 2.24) is 29.3 Å². The minimum atomic E-state index is -3.16. The summed E-state index contributed by atoms with van der Waals surface area (Å²) in [7, 11) is 2.19. The molecule has 3 aromatic heterocycles. The van der Waals surface area contributed by atoms with Gasteiger partial charge in [0.25, 0.3) is 0 Å². The van der Waals surface area contributed by atoms with Gasteiger partial charge < -0.3 is 9.88 Å². The number of carbonyl (C=O) groups excluding carboxylic acids is 1. The standard InChI is InChI=1S/C25H31F2N7O/c1-5-18-10-22(31-23(30-18)24(3,26)27)34-14-17(13-33-9-7-25(15-33)6-8-32(25)4)19-12-28-21(11-20(19)34)29-16(2)35/h10-12,14H,5-9,13,15H2,1-4H3,(H,28,29,35). The predicted molar refractivity (Wildman–Crippen MR) is 130 cm³/mol. The molecule has 0 aliphatic carbocycles. The van der Waals surface area contributed by atoms with Crippen LogP contribution in [0.1, 0.15) is 50.7 Å². The summed E-state index contributed by atoms with van der Waals surface area (Å²) in [6.45, 7) is 7.99. The summed E-state index contributed by atoms with van der Waals surface area (Å²) in [5.74, 6) is -3.11. The second-order valence-electron chi connectivity index (χ2n) is 9.93. The number of rotatable bonds is 6. The highest BCUT2D eigenvalue weighted by atomic mass is 19.3. The summed E-state index contributed by atoms with van der Waals surface area (Å²) in [5.41, 5.74) is 2.61. The van der Waals surface area contributed by atoms with E-state index in [1.807, 2.05) is 17.7 Å². The molecule has 35 heavy (non-hydrogen) atoms. The van der Waals surface area contributed by atoms with Gasteiger partial charge in [-0.25, -0.2) is 15.0 Å². The molecule has 0 bridgehead atoms. The van der Waals surface area contributed by atoms with Crippen molar-refractivity contribution < 1.29 is 13.6 Å². The smallest absolute Gasteiger partial charge is 0.303 e. The van der Waals surface area contributed by atoms with Crippen molar-refractivity contribution in [2.45, 2.75) is 58.0 Å². The zero-order valence-corrected chi connectivity index (χ0v) is 20.6. The number of halogens is 2. The molecule has 186 valence electrons. The molecule has 0 saturated carbocycles. The minimum absolute atomic E-state index is 0.231. The number of nitrogens with zero attached hydrogens (tertiary/aromatic N) is 6. The van der Waals surface area contributed by atoms with Crippen LogP contribution in [0.3, 0.4) is 0 Å². The van der Waals surface area contributed by atoms with Crippen molar-refractivity contribution >= 4 is 22.6 Å². The van der Waals surface area contributed by atoms with Gasteiger partial charge in [-0.1, -0.05) is 6.92 Å². The van der Waals surface area contributed by atoms with Crippen molar-refractivity contribution in [1.29, 1.82) is 0 Å². The summed E-state index contributed by atoms with van der Waals surface area (Å²) in [6.07, 6.45) is 6.57. The highest BCUT2D eigenvalue weighted by Gasteiger charge is 2.47. The van der Waals surface area contributed by atoms with Crippen molar-refractivity contribution in [2.75, 3.05) is 32.0 Å². The molecule has 1 atom stereocenters. The van der Waals surface area contributed by atoms with Crippen molar-refractivity contribution in [2.24, 2.45) is 0 Å². The normalized spacial score (nSPS) is 21.1. The number of hydrogen-bond acceptors (Lipinski definition) is 6. The third-order valence-electron chi connectivity index (χ3n) is 7.37. The van der Waals surface area contributed by atoms with Crippen LogP contribution in [-0.4, -0.2) is 67.4 Å². The molecule has 2 fully saturated rings. The lowest BCUT2D eigenvalue weighted by molar-refractivity contribution is -0.114. The molecule has 1 spiro atoms. The van der Waals surface area contributed by atoms with Crippen molar-refractivity contribution in [3.05, 3.63) is 41.6 Å². The van der Waals surface area contributed by atoms with E-state index < -0.39 is 11.7 Å². The van der Waals surface area contributed by atoms with Gasteiger partial charge in [0.2, 0.25) is 11.7 Å². The maximum absolute atomic E-state index is 14.2. The number of nitrogens with one attached hydrogen (secondary N) is 1. The Morgan fingerprint density at radius 2 is 2.00 bits per heavy atom. The summed E-state index contributed by atoms with van der Waals surface area (Å²) >= 11 is 0. The summed E-state index contributed by atoms with van der Waals surface area (Å²) in [5, 5.41) is 3.62. The topological polar surface area (TPSA) is 79.2 Å². The van der Waals surface area contributed by atoms with Gasteiger partial charge in [-0.3, -0.25) is 14.6 Å². The maximum atomic E-state index is 14.2. The lowest BCUT2D eigenvalue weighted by atomic mass is 9.85. The van der Waals surface area contributed by atoms with Crippen molar-refractivity contribution in [3.63, 3.8) is 0 Å². The van der Waals surface area contributed by atoms with E-state index in [1.165, 1.54) is 13.3 Å². The number of fused-ring (bicyclic) bond motifs is 1. The molecule has 5 heterocycles. The van der Waals surface area contributed by atoms with E-state index in [0.29, 0.717) is 23.8 Å². The first kappa shape index (κ1) is 23.7. The fraction of sp³-hybridized carbons (Fsp3) is 0.520. The number of amides is 1. The number of hydrogen-bond donors (Lipinski definition) is 1. The SMILES string of the molecule is CCc1cc(-n2cc(CN3CCC4(CCN4C)C3)c3cnc(NC(C)=O)cc32)nc(C(C)(F)F)n1. The molecular formula is C25H31F2N7O. The molecule has 1 unspecified atom stereocenters. The number of aromatic nitrogens is 4. The molecule has 2 aliphatic rings. The number of alkyl halides is 2.